The molecule has 2 heterocycles. The third-order valence-corrected chi connectivity index (χ3v) is 2.43. The van der Waals surface area contributed by atoms with Crippen molar-refractivity contribution in [2.24, 2.45) is 0 Å². The predicted octanol–water partition coefficient (Wildman–Crippen LogP) is -1.09. The summed E-state index contributed by atoms with van der Waals surface area (Å²) in [7, 11) is 0. The van der Waals surface area contributed by atoms with E-state index in [4.69, 9.17) is 0 Å². The summed E-state index contributed by atoms with van der Waals surface area (Å²) in [6, 6.07) is 1.51. The molecule has 0 radical (unpaired) electrons. The summed E-state index contributed by atoms with van der Waals surface area (Å²) in [4.78, 5) is 0. The van der Waals surface area contributed by atoms with E-state index in [1.165, 1.54) is 19.5 Å². The molecule has 2 unspecified atom stereocenters. The van der Waals surface area contributed by atoms with Crippen LogP contribution in [0.2, 0.25) is 0 Å². The van der Waals surface area contributed by atoms with Crippen molar-refractivity contribution < 1.29 is 0 Å². The Morgan fingerprint density at radius 1 is 0.900 bits per heavy atom. The van der Waals surface area contributed by atoms with Gasteiger partial charge in [-0.05, 0) is 13.0 Å². The highest BCUT2D eigenvalue weighted by Crippen LogP contribution is 2.08. The zero-order valence-corrected chi connectivity index (χ0v) is 6.19. The predicted molar refractivity (Wildman–Crippen MR) is 41.1 cm³/mol. The molecular formula is C7H15N3. The van der Waals surface area contributed by atoms with Gasteiger partial charge in [0.1, 0.15) is 0 Å². The van der Waals surface area contributed by atoms with Crippen LogP contribution in [-0.2, 0) is 0 Å². The number of rotatable bonds is 0. The van der Waals surface area contributed by atoms with Crippen LogP contribution in [0.3, 0.4) is 0 Å². The molecule has 2 aliphatic rings. The molecule has 0 bridgehead atoms. The minimum Gasteiger partial charge on any atom is -0.315 e. The van der Waals surface area contributed by atoms with Crippen LogP contribution in [0.5, 0.6) is 0 Å². The number of nitrogens with one attached hydrogen (secondary N) is 3. The molecule has 0 aromatic carbocycles. The van der Waals surface area contributed by atoms with E-state index in [1.807, 2.05) is 0 Å². The molecule has 2 rings (SSSR count). The quantitative estimate of drug-likeness (QED) is 0.401. The summed E-state index contributed by atoms with van der Waals surface area (Å²) >= 11 is 0. The van der Waals surface area contributed by atoms with Gasteiger partial charge in [-0.25, -0.2) is 0 Å². The Hall–Kier alpha value is -0.120. The largest absolute Gasteiger partial charge is 0.315 e. The second-order valence-corrected chi connectivity index (χ2v) is 3.11. The summed E-state index contributed by atoms with van der Waals surface area (Å²) in [6.45, 7) is 4.60. The molecule has 10 heavy (non-hydrogen) atoms. The first-order valence-electron chi connectivity index (χ1n) is 4.14. The Bertz CT molecular complexity index is 101. The van der Waals surface area contributed by atoms with E-state index in [0.717, 1.165) is 25.2 Å². The minimum absolute atomic E-state index is 0.743. The molecule has 2 aliphatic heterocycles. The van der Waals surface area contributed by atoms with Gasteiger partial charge in [-0.1, -0.05) is 0 Å². The lowest BCUT2D eigenvalue weighted by Gasteiger charge is -2.40. The Kier molecular flexibility index (Phi) is 1.88. The average molecular weight is 141 g/mol. The zero-order valence-electron chi connectivity index (χ0n) is 6.19. The number of hydrogen-bond acceptors (Lipinski definition) is 3. The van der Waals surface area contributed by atoms with Crippen molar-refractivity contribution in [3.63, 3.8) is 0 Å². The molecule has 58 valence electrons. The summed E-state index contributed by atoms with van der Waals surface area (Å²) in [6.07, 6.45) is 1.28. The van der Waals surface area contributed by atoms with Gasteiger partial charge in [0.15, 0.2) is 0 Å². The van der Waals surface area contributed by atoms with Crippen molar-refractivity contribution in [1.82, 2.24) is 16.0 Å². The molecule has 0 amide bonds. The Morgan fingerprint density at radius 3 is 2.70 bits per heavy atom. The Balaban J connectivity index is 1.83. The maximum atomic E-state index is 3.50. The molecule has 2 atom stereocenters. The third kappa shape index (κ3) is 1.17. The Morgan fingerprint density at radius 2 is 1.90 bits per heavy atom. The molecule has 3 nitrogen and oxygen atoms in total. The summed E-state index contributed by atoms with van der Waals surface area (Å²) in [5.74, 6) is 0. The third-order valence-electron chi connectivity index (χ3n) is 2.43. The molecule has 0 aromatic heterocycles. The van der Waals surface area contributed by atoms with Gasteiger partial charge >= 0.3 is 0 Å². The minimum atomic E-state index is 0.743. The van der Waals surface area contributed by atoms with E-state index in [-0.39, 0.29) is 0 Å². The fourth-order valence-corrected chi connectivity index (χ4v) is 1.65. The highest BCUT2D eigenvalue weighted by Gasteiger charge is 2.29. The van der Waals surface area contributed by atoms with Gasteiger partial charge in [-0.2, -0.15) is 0 Å². The molecule has 0 aromatic rings. The normalized spacial score (nSPS) is 40.8. The fourth-order valence-electron chi connectivity index (χ4n) is 1.65. The molecule has 0 saturated carbocycles. The van der Waals surface area contributed by atoms with Crippen molar-refractivity contribution in [2.45, 2.75) is 18.5 Å². The van der Waals surface area contributed by atoms with Crippen LogP contribution in [0.4, 0.5) is 0 Å². The highest BCUT2D eigenvalue weighted by atomic mass is 15.1. The molecule has 3 N–H and O–H groups in total. The monoisotopic (exact) mass is 141 g/mol. The maximum absolute atomic E-state index is 3.50. The first-order chi connectivity index (χ1) is 4.97. The van der Waals surface area contributed by atoms with Crippen molar-refractivity contribution in [1.29, 1.82) is 0 Å². The van der Waals surface area contributed by atoms with Crippen molar-refractivity contribution >= 4 is 0 Å². The van der Waals surface area contributed by atoms with Crippen LogP contribution in [0.15, 0.2) is 0 Å². The van der Waals surface area contributed by atoms with E-state index in [9.17, 15) is 0 Å². The van der Waals surface area contributed by atoms with E-state index in [2.05, 4.69) is 16.0 Å². The van der Waals surface area contributed by atoms with Gasteiger partial charge < -0.3 is 16.0 Å². The summed E-state index contributed by atoms with van der Waals surface area (Å²) in [5.41, 5.74) is 0. The highest BCUT2D eigenvalue weighted by molar-refractivity contribution is 4.94. The van der Waals surface area contributed by atoms with Crippen LogP contribution < -0.4 is 16.0 Å². The molecule has 2 fully saturated rings. The second-order valence-electron chi connectivity index (χ2n) is 3.11. The molecule has 0 aliphatic carbocycles. The van der Waals surface area contributed by atoms with Crippen molar-refractivity contribution in [2.75, 3.05) is 26.2 Å². The van der Waals surface area contributed by atoms with Crippen LogP contribution in [0.25, 0.3) is 0 Å². The average Bonchev–Trinajstić information content (AvgIpc) is 1.89. The van der Waals surface area contributed by atoms with E-state index in [1.54, 1.807) is 0 Å². The first-order valence-corrected chi connectivity index (χ1v) is 4.14. The van der Waals surface area contributed by atoms with Crippen LogP contribution >= 0.6 is 0 Å². The van der Waals surface area contributed by atoms with Crippen LogP contribution in [-0.4, -0.2) is 38.3 Å². The Labute approximate surface area is 61.6 Å². The van der Waals surface area contributed by atoms with E-state index in [0.29, 0.717) is 0 Å². The number of fused-ring (bicyclic) bond motifs is 1. The topological polar surface area (TPSA) is 36.1 Å². The van der Waals surface area contributed by atoms with Gasteiger partial charge in [-0.3, -0.25) is 0 Å². The van der Waals surface area contributed by atoms with Gasteiger partial charge in [0.05, 0.1) is 0 Å². The van der Waals surface area contributed by atoms with E-state index < -0.39 is 0 Å². The SMILES string of the molecule is C1CNC2CNC2CCN1. The van der Waals surface area contributed by atoms with Crippen molar-refractivity contribution in [3.05, 3.63) is 0 Å². The first kappa shape index (κ1) is 6.58. The van der Waals surface area contributed by atoms with Crippen molar-refractivity contribution in [3.8, 4) is 0 Å². The van der Waals surface area contributed by atoms with Gasteiger partial charge in [-0.15, -0.1) is 0 Å². The summed E-state index contributed by atoms with van der Waals surface area (Å²) in [5, 5.41) is 10.3. The lowest BCUT2D eigenvalue weighted by atomic mass is 9.96. The molecule has 0 spiro atoms. The lowest BCUT2D eigenvalue weighted by Crippen LogP contribution is -2.65. The van der Waals surface area contributed by atoms with Gasteiger partial charge in [0, 0.05) is 31.7 Å². The zero-order chi connectivity index (χ0) is 6.81. The van der Waals surface area contributed by atoms with Crippen LogP contribution in [0.1, 0.15) is 6.42 Å². The van der Waals surface area contributed by atoms with E-state index >= 15 is 0 Å². The smallest absolute Gasteiger partial charge is 0.0347 e. The number of hydrogen-bond donors (Lipinski definition) is 3. The second kappa shape index (κ2) is 2.86. The summed E-state index contributed by atoms with van der Waals surface area (Å²) < 4.78 is 0. The van der Waals surface area contributed by atoms with Crippen LogP contribution in [0, 0.1) is 0 Å². The molecule has 2 saturated heterocycles. The van der Waals surface area contributed by atoms with Gasteiger partial charge in [0.25, 0.3) is 0 Å². The molecule has 3 heteroatoms. The molecular weight excluding hydrogens is 126 g/mol. The fraction of sp³-hybridized carbons (Fsp3) is 1.00. The maximum Gasteiger partial charge on any atom is 0.0347 e. The standard InChI is InChI=1S/C7H15N3/c1-2-8-3-4-9-7-5-10-6(1)7/h6-10H,1-5H2. The lowest BCUT2D eigenvalue weighted by molar-refractivity contribution is 0.234. The van der Waals surface area contributed by atoms with Gasteiger partial charge in [0.2, 0.25) is 0 Å².